The first kappa shape index (κ1) is 19.7. The molecular weight excluding hydrogens is 377 g/mol. The van der Waals surface area contributed by atoms with Crippen molar-refractivity contribution in [2.75, 3.05) is 13.7 Å². The van der Waals surface area contributed by atoms with E-state index in [4.69, 9.17) is 16.3 Å². The molecule has 0 bridgehead atoms. The smallest absolute Gasteiger partial charge is 0.383 e. The third-order valence-electron chi connectivity index (χ3n) is 3.62. The Bertz CT molecular complexity index is 856. The van der Waals surface area contributed by atoms with E-state index in [1.165, 1.54) is 11.3 Å². The van der Waals surface area contributed by atoms with Crippen molar-refractivity contribution in [3.63, 3.8) is 0 Å². The molecule has 25 heavy (non-hydrogen) atoms. The fourth-order valence-electron chi connectivity index (χ4n) is 2.22. The predicted molar refractivity (Wildman–Crippen MR) is 90.0 cm³/mol. The Kier molecular flexibility index (Phi) is 6.08. The maximum absolute atomic E-state index is 13.1. The number of carbonyl (C=O) groups is 1. The lowest BCUT2D eigenvalue weighted by molar-refractivity contribution is -0.137. The quantitative estimate of drug-likeness (QED) is 0.781. The molecule has 2 rings (SSSR count). The normalized spacial score (nSPS) is 12.7. The summed E-state index contributed by atoms with van der Waals surface area (Å²) >= 11 is 7.00. The van der Waals surface area contributed by atoms with E-state index in [1.807, 2.05) is 13.8 Å². The van der Waals surface area contributed by atoms with Crippen molar-refractivity contribution in [1.82, 2.24) is 4.57 Å². The summed E-state index contributed by atoms with van der Waals surface area (Å²) in [6.07, 6.45) is -4.67. The van der Waals surface area contributed by atoms with Gasteiger partial charge in [0.2, 0.25) is 0 Å². The lowest BCUT2D eigenvalue weighted by Gasteiger charge is -2.10. The van der Waals surface area contributed by atoms with Crippen molar-refractivity contribution in [2.45, 2.75) is 26.6 Å². The van der Waals surface area contributed by atoms with Crippen molar-refractivity contribution >= 4 is 28.8 Å². The Morgan fingerprint density at radius 1 is 1.36 bits per heavy atom. The van der Waals surface area contributed by atoms with Gasteiger partial charge in [-0.1, -0.05) is 11.6 Å². The fraction of sp³-hybridized carbons (Fsp3) is 0.375. The molecule has 9 heteroatoms. The molecule has 0 fully saturated rings. The van der Waals surface area contributed by atoms with Crippen LogP contribution in [0.5, 0.6) is 0 Å². The summed E-state index contributed by atoms with van der Waals surface area (Å²) in [6.45, 7) is 4.54. The molecule has 0 unspecified atom stereocenters. The summed E-state index contributed by atoms with van der Waals surface area (Å²) in [4.78, 5) is 17.6. The number of ether oxygens (including phenoxy) is 1. The summed E-state index contributed by atoms with van der Waals surface area (Å²) in [5.41, 5.74) is -0.739. The molecule has 0 spiro atoms. The van der Waals surface area contributed by atoms with E-state index in [-0.39, 0.29) is 5.02 Å². The minimum atomic E-state index is -4.67. The van der Waals surface area contributed by atoms with Crippen LogP contribution in [-0.4, -0.2) is 24.2 Å². The minimum absolute atomic E-state index is 0.0392. The van der Waals surface area contributed by atoms with Crippen molar-refractivity contribution in [1.29, 1.82) is 0 Å². The number of hydrogen-bond donors (Lipinski definition) is 0. The second-order valence-corrected chi connectivity index (χ2v) is 6.89. The van der Waals surface area contributed by atoms with Gasteiger partial charge in [-0.3, -0.25) is 4.79 Å². The first-order chi connectivity index (χ1) is 11.6. The van der Waals surface area contributed by atoms with Crippen LogP contribution in [0.2, 0.25) is 5.02 Å². The van der Waals surface area contributed by atoms with Crippen LogP contribution in [0.15, 0.2) is 23.2 Å². The molecule has 1 amide bonds. The molecule has 0 N–H and O–H groups in total. The molecule has 0 radical (unpaired) electrons. The number of hydrogen-bond acceptors (Lipinski definition) is 3. The second kappa shape index (κ2) is 7.72. The van der Waals surface area contributed by atoms with E-state index in [0.29, 0.717) is 18.0 Å². The van der Waals surface area contributed by atoms with Crippen LogP contribution < -0.4 is 4.80 Å². The van der Waals surface area contributed by atoms with E-state index in [9.17, 15) is 18.0 Å². The number of aryl methyl sites for hydroxylation is 1. The van der Waals surface area contributed by atoms with Crippen LogP contribution in [0.4, 0.5) is 13.2 Å². The van der Waals surface area contributed by atoms with Crippen LogP contribution in [0.3, 0.4) is 0 Å². The molecule has 4 nitrogen and oxygen atoms in total. The molecule has 0 aliphatic carbocycles. The van der Waals surface area contributed by atoms with Crippen LogP contribution in [0.1, 0.15) is 26.5 Å². The molecule has 2 aromatic rings. The van der Waals surface area contributed by atoms with Gasteiger partial charge in [-0.25, -0.2) is 0 Å². The van der Waals surface area contributed by atoms with Gasteiger partial charge in [0.05, 0.1) is 17.7 Å². The summed E-state index contributed by atoms with van der Waals surface area (Å²) < 4.78 is 46.2. The number of rotatable bonds is 4. The maximum Gasteiger partial charge on any atom is 0.417 e. The van der Waals surface area contributed by atoms with Gasteiger partial charge in [-0.15, -0.1) is 11.3 Å². The van der Waals surface area contributed by atoms with E-state index in [2.05, 4.69) is 4.99 Å². The molecule has 1 aromatic heterocycles. The number of aromatic nitrogens is 1. The second-order valence-electron chi connectivity index (χ2n) is 5.28. The third-order valence-corrected chi connectivity index (χ3v) is 4.95. The maximum atomic E-state index is 13.1. The SMILES string of the molecule is COCCn1c(C)c(C)s/c1=N\C(=O)c1cc(Cl)ccc1C(F)(F)F. The predicted octanol–water partition coefficient (Wildman–Crippen LogP) is 4.23. The van der Waals surface area contributed by atoms with Crippen LogP contribution in [-0.2, 0) is 17.5 Å². The number of alkyl halides is 3. The first-order valence-corrected chi connectivity index (χ1v) is 8.46. The van der Waals surface area contributed by atoms with Gasteiger partial charge in [-0.2, -0.15) is 18.2 Å². The van der Waals surface area contributed by atoms with Gasteiger partial charge in [0.15, 0.2) is 4.80 Å². The zero-order chi connectivity index (χ0) is 18.8. The zero-order valence-corrected chi connectivity index (χ0v) is 15.3. The van der Waals surface area contributed by atoms with Gasteiger partial charge in [0.1, 0.15) is 0 Å². The van der Waals surface area contributed by atoms with Crippen LogP contribution >= 0.6 is 22.9 Å². The number of methoxy groups -OCH3 is 1. The molecule has 136 valence electrons. The number of thiazole rings is 1. The monoisotopic (exact) mass is 392 g/mol. The summed E-state index contributed by atoms with van der Waals surface area (Å²) in [6, 6.07) is 2.87. The van der Waals surface area contributed by atoms with Gasteiger partial charge >= 0.3 is 6.18 Å². The molecule has 0 aliphatic rings. The average molecular weight is 393 g/mol. The highest BCUT2D eigenvalue weighted by Gasteiger charge is 2.35. The number of nitrogens with zero attached hydrogens (tertiary/aromatic N) is 2. The highest BCUT2D eigenvalue weighted by Crippen LogP contribution is 2.33. The average Bonchev–Trinajstić information content (AvgIpc) is 2.78. The number of amides is 1. The largest absolute Gasteiger partial charge is 0.417 e. The van der Waals surface area contributed by atoms with Gasteiger partial charge in [-0.05, 0) is 32.0 Å². The lowest BCUT2D eigenvalue weighted by atomic mass is 10.1. The molecule has 1 heterocycles. The van der Waals surface area contributed by atoms with E-state index in [0.717, 1.165) is 28.8 Å². The number of carbonyl (C=O) groups excluding carboxylic acids is 1. The Morgan fingerprint density at radius 2 is 2.04 bits per heavy atom. The van der Waals surface area contributed by atoms with E-state index in [1.54, 1.807) is 11.7 Å². The number of halogens is 4. The molecule has 0 saturated carbocycles. The standard InChI is InChI=1S/C16H16ClF3N2O2S/c1-9-10(2)25-15(22(9)6-7-24-3)21-14(23)12-8-11(17)4-5-13(12)16(18,19)20/h4-5,8H,6-7H2,1-3H3/b21-15-. The summed E-state index contributed by atoms with van der Waals surface area (Å²) in [5.74, 6) is -0.984. The first-order valence-electron chi connectivity index (χ1n) is 7.26. The molecular formula is C16H16ClF3N2O2S. The van der Waals surface area contributed by atoms with Gasteiger partial charge in [0.25, 0.3) is 5.91 Å². The van der Waals surface area contributed by atoms with Crippen LogP contribution in [0.25, 0.3) is 0 Å². The highest BCUT2D eigenvalue weighted by molar-refractivity contribution is 7.09. The van der Waals surface area contributed by atoms with Crippen LogP contribution in [0, 0.1) is 13.8 Å². The summed E-state index contributed by atoms with van der Waals surface area (Å²) in [5, 5.41) is 0.0392. The van der Waals surface area contributed by atoms with Crippen molar-refractivity contribution in [2.24, 2.45) is 4.99 Å². The van der Waals surface area contributed by atoms with Crippen molar-refractivity contribution in [3.05, 3.63) is 49.7 Å². The highest BCUT2D eigenvalue weighted by atomic mass is 35.5. The zero-order valence-electron chi connectivity index (χ0n) is 13.8. The molecule has 1 aromatic carbocycles. The van der Waals surface area contributed by atoms with Crippen molar-refractivity contribution < 1.29 is 22.7 Å². The van der Waals surface area contributed by atoms with Gasteiger partial charge < -0.3 is 9.30 Å². The topological polar surface area (TPSA) is 43.6 Å². The fourth-order valence-corrected chi connectivity index (χ4v) is 3.39. The summed E-state index contributed by atoms with van der Waals surface area (Å²) in [7, 11) is 1.54. The Balaban J connectivity index is 2.55. The minimum Gasteiger partial charge on any atom is -0.383 e. The Morgan fingerprint density at radius 3 is 2.64 bits per heavy atom. The van der Waals surface area contributed by atoms with E-state index < -0.39 is 23.2 Å². The lowest BCUT2D eigenvalue weighted by Crippen LogP contribution is -2.21. The molecule has 0 saturated heterocycles. The third kappa shape index (κ3) is 4.50. The molecule has 0 atom stereocenters. The van der Waals surface area contributed by atoms with Crippen molar-refractivity contribution in [3.8, 4) is 0 Å². The van der Waals surface area contributed by atoms with Gasteiger partial charge in [0, 0.05) is 29.2 Å². The van der Waals surface area contributed by atoms with E-state index >= 15 is 0 Å². The molecule has 0 aliphatic heterocycles. The Hall–Kier alpha value is -1.64. The number of benzene rings is 1. The Labute approximate surface area is 151 Å².